The predicted molar refractivity (Wildman–Crippen MR) is 109 cm³/mol. The molecule has 0 aromatic carbocycles. The molecule has 0 aliphatic carbocycles. The molecule has 27 heavy (non-hydrogen) atoms. The van der Waals surface area contributed by atoms with Gasteiger partial charge in [0.05, 0.1) is 11.7 Å². The Morgan fingerprint density at radius 1 is 1.26 bits per heavy atom. The number of hydrogen-bond donors (Lipinski definition) is 2. The third-order valence-corrected chi connectivity index (χ3v) is 6.62. The smallest absolute Gasteiger partial charge is 0.243 e. The Balaban J connectivity index is 1.58. The van der Waals surface area contributed by atoms with Gasteiger partial charge in [-0.3, -0.25) is 4.79 Å². The molecular formula is C19H34N4O3S. The molecule has 2 unspecified atom stereocenters. The van der Waals surface area contributed by atoms with E-state index in [2.05, 4.69) is 15.6 Å². The number of aliphatic imine (C=N–C) groups is 1. The van der Waals surface area contributed by atoms with Crippen LogP contribution in [0.25, 0.3) is 0 Å². The Hall–Kier alpha value is -0.990. The summed E-state index contributed by atoms with van der Waals surface area (Å²) in [5, 5.41) is 6.96. The first-order valence-electron chi connectivity index (χ1n) is 10.1. The molecule has 7 nitrogen and oxygen atoms in total. The molecule has 1 spiro atoms. The fraction of sp³-hybridized carbons (Fsp3) is 0.895. The van der Waals surface area contributed by atoms with Crippen LogP contribution >= 0.6 is 11.8 Å². The molecule has 2 N–H and O–H groups in total. The molecule has 3 rings (SSSR count). The topological polar surface area (TPSA) is 75.2 Å². The van der Waals surface area contributed by atoms with Crippen LogP contribution in [-0.4, -0.2) is 86.4 Å². The van der Waals surface area contributed by atoms with Gasteiger partial charge in [-0.05, 0) is 50.0 Å². The van der Waals surface area contributed by atoms with Crippen molar-refractivity contribution < 1.29 is 14.3 Å². The highest BCUT2D eigenvalue weighted by atomic mass is 32.2. The number of hydrogen-bond acceptors (Lipinski definition) is 5. The zero-order valence-corrected chi connectivity index (χ0v) is 17.5. The average molecular weight is 399 g/mol. The zero-order chi connectivity index (χ0) is 19.1. The van der Waals surface area contributed by atoms with E-state index >= 15 is 0 Å². The molecule has 3 aliphatic heterocycles. The summed E-state index contributed by atoms with van der Waals surface area (Å²) in [5.74, 6) is 3.08. The largest absolute Gasteiger partial charge is 0.376 e. The number of ether oxygens (including phenoxy) is 2. The molecule has 0 aromatic heterocycles. The SMILES string of the molecule is CN(C)C(=O)CN=C(NCC1CCCO1)NC1CCOC2(CCSCC2)C1. The minimum absolute atomic E-state index is 0.000898. The third-order valence-electron chi connectivity index (χ3n) is 5.63. The van der Waals surface area contributed by atoms with Gasteiger partial charge >= 0.3 is 0 Å². The molecule has 0 saturated carbocycles. The number of guanidine groups is 1. The van der Waals surface area contributed by atoms with Crippen molar-refractivity contribution in [1.82, 2.24) is 15.5 Å². The van der Waals surface area contributed by atoms with Crippen molar-refractivity contribution in [3.63, 3.8) is 0 Å². The number of thioether (sulfide) groups is 1. The summed E-state index contributed by atoms with van der Waals surface area (Å²) in [7, 11) is 3.52. The molecule has 154 valence electrons. The first-order valence-corrected chi connectivity index (χ1v) is 11.3. The minimum atomic E-state index is 0.000898. The maximum absolute atomic E-state index is 12.0. The van der Waals surface area contributed by atoms with E-state index in [1.807, 2.05) is 11.8 Å². The maximum Gasteiger partial charge on any atom is 0.243 e. The average Bonchev–Trinajstić information content (AvgIpc) is 3.18. The van der Waals surface area contributed by atoms with Gasteiger partial charge in [-0.25, -0.2) is 4.99 Å². The molecule has 2 atom stereocenters. The van der Waals surface area contributed by atoms with Crippen LogP contribution in [0.2, 0.25) is 0 Å². The molecule has 3 heterocycles. The molecule has 8 heteroatoms. The fourth-order valence-corrected chi connectivity index (χ4v) is 5.13. The van der Waals surface area contributed by atoms with Crippen molar-refractivity contribution >= 4 is 23.6 Å². The van der Waals surface area contributed by atoms with E-state index < -0.39 is 0 Å². The number of amides is 1. The van der Waals surface area contributed by atoms with Gasteiger partial charge in [-0.2, -0.15) is 11.8 Å². The van der Waals surface area contributed by atoms with E-state index in [1.54, 1.807) is 19.0 Å². The quantitative estimate of drug-likeness (QED) is 0.536. The molecule has 0 radical (unpaired) electrons. The second kappa shape index (κ2) is 9.98. The standard InChI is InChI=1S/C19H34N4O3S/c1-23(2)17(24)14-21-18(20-13-16-4-3-8-25-16)22-15-5-9-26-19(12-15)6-10-27-11-7-19/h15-16H,3-14H2,1-2H3,(H2,20,21,22). The third kappa shape index (κ3) is 6.26. The zero-order valence-electron chi connectivity index (χ0n) is 16.7. The summed E-state index contributed by atoms with van der Waals surface area (Å²) >= 11 is 2.02. The van der Waals surface area contributed by atoms with Crippen molar-refractivity contribution in [1.29, 1.82) is 0 Å². The molecule has 3 aliphatic rings. The van der Waals surface area contributed by atoms with Gasteiger partial charge in [0.1, 0.15) is 6.54 Å². The van der Waals surface area contributed by atoms with Crippen LogP contribution in [0.4, 0.5) is 0 Å². The summed E-state index contributed by atoms with van der Waals surface area (Å²) in [6.45, 7) is 2.51. The fourth-order valence-electron chi connectivity index (χ4n) is 3.89. The van der Waals surface area contributed by atoms with Gasteiger partial charge < -0.3 is 25.0 Å². The highest BCUT2D eigenvalue weighted by Crippen LogP contribution is 2.37. The lowest BCUT2D eigenvalue weighted by molar-refractivity contribution is -0.127. The molecule has 3 saturated heterocycles. The van der Waals surface area contributed by atoms with E-state index in [-0.39, 0.29) is 24.2 Å². The Morgan fingerprint density at radius 3 is 2.78 bits per heavy atom. The van der Waals surface area contributed by atoms with Crippen molar-refractivity contribution in [2.45, 2.75) is 56.3 Å². The van der Waals surface area contributed by atoms with Crippen molar-refractivity contribution in [2.75, 3.05) is 51.9 Å². The summed E-state index contributed by atoms with van der Waals surface area (Å²) < 4.78 is 11.9. The number of likely N-dealkylation sites (N-methyl/N-ethyl adjacent to an activating group) is 1. The highest BCUT2D eigenvalue weighted by Gasteiger charge is 2.39. The van der Waals surface area contributed by atoms with Gasteiger partial charge in [0.25, 0.3) is 0 Å². The number of nitrogens with zero attached hydrogens (tertiary/aromatic N) is 2. The first-order chi connectivity index (χ1) is 13.1. The Kier molecular flexibility index (Phi) is 7.66. The van der Waals surface area contributed by atoms with Crippen molar-refractivity contribution in [2.24, 2.45) is 4.99 Å². The van der Waals surface area contributed by atoms with Gasteiger partial charge in [0.2, 0.25) is 5.91 Å². The Labute approximate surface area is 167 Å². The van der Waals surface area contributed by atoms with E-state index in [4.69, 9.17) is 9.47 Å². The van der Waals surface area contributed by atoms with Crippen molar-refractivity contribution in [3.8, 4) is 0 Å². The summed E-state index contributed by atoms with van der Waals surface area (Å²) in [6.07, 6.45) is 6.67. The molecular weight excluding hydrogens is 364 g/mol. The van der Waals surface area contributed by atoms with E-state index in [1.165, 1.54) is 11.5 Å². The highest BCUT2D eigenvalue weighted by molar-refractivity contribution is 7.99. The van der Waals surface area contributed by atoms with Crippen LogP contribution < -0.4 is 10.6 Å². The van der Waals surface area contributed by atoms with Gasteiger partial charge in [0.15, 0.2) is 5.96 Å². The lowest BCUT2D eigenvalue weighted by Gasteiger charge is -2.43. The number of carbonyl (C=O) groups excluding carboxylic acids is 1. The van der Waals surface area contributed by atoms with Crippen LogP contribution in [0.5, 0.6) is 0 Å². The summed E-state index contributed by atoms with van der Waals surface area (Å²) in [4.78, 5) is 18.1. The normalized spacial score (nSPS) is 28.1. The second-order valence-corrected chi connectivity index (χ2v) is 9.17. The first kappa shape index (κ1) is 20.7. The van der Waals surface area contributed by atoms with Crippen LogP contribution in [-0.2, 0) is 14.3 Å². The Bertz CT molecular complexity index is 512. The van der Waals surface area contributed by atoms with Crippen LogP contribution in [0.1, 0.15) is 38.5 Å². The van der Waals surface area contributed by atoms with E-state index in [9.17, 15) is 4.79 Å². The van der Waals surface area contributed by atoms with Gasteiger partial charge in [-0.15, -0.1) is 0 Å². The van der Waals surface area contributed by atoms with Gasteiger partial charge in [-0.1, -0.05) is 0 Å². The lowest BCUT2D eigenvalue weighted by Crippen LogP contribution is -2.53. The predicted octanol–water partition coefficient (Wildman–Crippen LogP) is 1.23. The molecule has 0 aromatic rings. The lowest BCUT2D eigenvalue weighted by atomic mass is 9.85. The Morgan fingerprint density at radius 2 is 2.07 bits per heavy atom. The molecule has 0 bridgehead atoms. The minimum Gasteiger partial charge on any atom is -0.376 e. The van der Waals surface area contributed by atoms with Gasteiger partial charge in [0, 0.05) is 39.9 Å². The van der Waals surface area contributed by atoms with E-state index in [0.717, 1.165) is 58.3 Å². The number of rotatable bonds is 5. The molecule has 3 fully saturated rings. The van der Waals surface area contributed by atoms with Crippen molar-refractivity contribution in [3.05, 3.63) is 0 Å². The van der Waals surface area contributed by atoms with Crippen LogP contribution in [0.15, 0.2) is 4.99 Å². The van der Waals surface area contributed by atoms with E-state index in [0.29, 0.717) is 12.0 Å². The number of nitrogens with one attached hydrogen (secondary N) is 2. The van der Waals surface area contributed by atoms with Crippen LogP contribution in [0.3, 0.4) is 0 Å². The second-order valence-electron chi connectivity index (χ2n) is 7.95. The monoisotopic (exact) mass is 398 g/mol. The molecule has 1 amide bonds. The van der Waals surface area contributed by atoms with Crippen LogP contribution in [0, 0.1) is 0 Å². The maximum atomic E-state index is 12.0. The summed E-state index contributed by atoms with van der Waals surface area (Å²) in [6, 6.07) is 0.326. The summed E-state index contributed by atoms with van der Waals surface area (Å²) in [5.41, 5.74) is 0.0281. The number of carbonyl (C=O) groups is 1.